The average molecular weight is 276 g/mol. The lowest BCUT2D eigenvalue weighted by atomic mass is 10.1. The van der Waals surface area contributed by atoms with Gasteiger partial charge in [-0.15, -0.1) is 0 Å². The zero-order valence-corrected chi connectivity index (χ0v) is 10.1. The predicted molar refractivity (Wildman–Crippen MR) is 63.6 cm³/mol. The minimum atomic E-state index is -0.325. The Hall–Kier alpha value is -0.960. The standard InChI is InChI=1S/C11H5Cl3O2/c12-7-5-9(14)8(13)4-6(7)11(15)10-2-1-3-16-10/h1-5H. The van der Waals surface area contributed by atoms with Crippen molar-refractivity contribution in [2.24, 2.45) is 0 Å². The normalized spacial score (nSPS) is 10.4. The molecule has 16 heavy (non-hydrogen) atoms. The summed E-state index contributed by atoms with van der Waals surface area (Å²) in [5.41, 5.74) is 0.269. The monoisotopic (exact) mass is 274 g/mol. The topological polar surface area (TPSA) is 30.2 Å². The van der Waals surface area contributed by atoms with Crippen LogP contribution in [-0.4, -0.2) is 5.78 Å². The lowest BCUT2D eigenvalue weighted by Crippen LogP contribution is -2.00. The number of hydrogen-bond donors (Lipinski definition) is 0. The molecule has 0 amide bonds. The second kappa shape index (κ2) is 4.50. The van der Waals surface area contributed by atoms with Gasteiger partial charge in [0.2, 0.25) is 5.78 Å². The number of furan rings is 1. The quantitative estimate of drug-likeness (QED) is 0.598. The Labute approximate surface area is 107 Å². The second-order valence-electron chi connectivity index (χ2n) is 3.05. The number of halogens is 3. The van der Waals surface area contributed by atoms with Crippen LogP contribution in [-0.2, 0) is 0 Å². The average Bonchev–Trinajstić information content (AvgIpc) is 2.75. The van der Waals surface area contributed by atoms with E-state index in [1.165, 1.54) is 18.4 Å². The van der Waals surface area contributed by atoms with Gasteiger partial charge >= 0.3 is 0 Å². The van der Waals surface area contributed by atoms with Gasteiger partial charge in [-0.2, -0.15) is 0 Å². The molecular weight excluding hydrogens is 270 g/mol. The highest BCUT2D eigenvalue weighted by Crippen LogP contribution is 2.30. The number of ketones is 1. The summed E-state index contributed by atoms with van der Waals surface area (Å²) in [4.78, 5) is 11.9. The van der Waals surface area contributed by atoms with Crippen molar-refractivity contribution in [3.63, 3.8) is 0 Å². The van der Waals surface area contributed by atoms with Gasteiger partial charge in [-0.05, 0) is 24.3 Å². The highest BCUT2D eigenvalue weighted by Gasteiger charge is 2.17. The van der Waals surface area contributed by atoms with Crippen LogP contribution < -0.4 is 0 Å². The highest BCUT2D eigenvalue weighted by atomic mass is 35.5. The third-order valence-electron chi connectivity index (χ3n) is 2.00. The molecule has 0 N–H and O–H groups in total. The molecule has 0 saturated carbocycles. The number of carbonyl (C=O) groups is 1. The first-order valence-electron chi connectivity index (χ1n) is 4.32. The molecule has 1 aromatic heterocycles. The maximum absolute atomic E-state index is 11.9. The molecule has 0 aliphatic carbocycles. The zero-order valence-electron chi connectivity index (χ0n) is 7.84. The molecule has 5 heteroatoms. The van der Waals surface area contributed by atoms with Crippen molar-refractivity contribution in [1.82, 2.24) is 0 Å². The van der Waals surface area contributed by atoms with E-state index < -0.39 is 0 Å². The zero-order chi connectivity index (χ0) is 11.7. The first kappa shape index (κ1) is 11.5. The Bertz CT molecular complexity index is 532. The molecule has 0 unspecified atom stereocenters. The van der Waals surface area contributed by atoms with Crippen LogP contribution in [0.2, 0.25) is 15.1 Å². The molecule has 2 nitrogen and oxygen atoms in total. The van der Waals surface area contributed by atoms with Gasteiger partial charge in [-0.1, -0.05) is 34.8 Å². The van der Waals surface area contributed by atoms with Crippen molar-refractivity contribution in [2.45, 2.75) is 0 Å². The van der Waals surface area contributed by atoms with Gasteiger partial charge in [0.1, 0.15) is 0 Å². The van der Waals surface area contributed by atoms with Gasteiger partial charge < -0.3 is 4.42 Å². The van der Waals surface area contributed by atoms with E-state index in [1.54, 1.807) is 12.1 Å². The smallest absolute Gasteiger partial charge is 0.229 e. The summed E-state index contributed by atoms with van der Waals surface area (Å²) in [6.07, 6.45) is 1.42. The molecule has 0 saturated heterocycles. The van der Waals surface area contributed by atoms with Crippen molar-refractivity contribution in [3.8, 4) is 0 Å². The van der Waals surface area contributed by atoms with Gasteiger partial charge in [0.15, 0.2) is 5.76 Å². The van der Waals surface area contributed by atoms with E-state index in [-0.39, 0.29) is 27.2 Å². The fourth-order valence-electron chi connectivity index (χ4n) is 1.24. The maximum Gasteiger partial charge on any atom is 0.229 e. The van der Waals surface area contributed by atoms with E-state index in [9.17, 15) is 4.79 Å². The molecule has 2 rings (SSSR count). The van der Waals surface area contributed by atoms with Gasteiger partial charge in [0, 0.05) is 5.56 Å². The third-order valence-corrected chi connectivity index (χ3v) is 3.03. The SMILES string of the molecule is O=C(c1ccco1)c1cc(Cl)c(Cl)cc1Cl. The molecule has 0 aliphatic heterocycles. The summed E-state index contributed by atoms with van der Waals surface area (Å²) in [7, 11) is 0. The lowest BCUT2D eigenvalue weighted by Gasteiger charge is -2.03. The molecule has 0 spiro atoms. The summed E-state index contributed by atoms with van der Waals surface area (Å²) >= 11 is 17.5. The summed E-state index contributed by atoms with van der Waals surface area (Å²) in [5.74, 6) is -0.117. The number of hydrogen-bond acceptors (Lipinski definition) is 2. The number of rotatable bonds is 2. The van der Waals surface area contributed by atoms with E-state index in [0.29, 0.717) is 5.02 Å². The maximum atomic E-state index is 11.9. The summed E-state index contributed by atoms with van der Waals surface area (Å²) in [5, 5.41) is 0.833. The van der Waals surface area contributed by atoms with Crippen molar-refractivity contribution >= 4 is 40.6 Å². The molecule has 0 atom stereocenters. The molecule has 0 aliphatic rings. The predicted octanol–water partition coefficient (Wildman–Crippen LogP) is 4.47. The summed E-state index contributed by atoms with van der Waals surface area (Å²) in [6.45, 7) is 0. The molecular formula is C11H5Cl3O2. The molecule has 1 heterocycles. The van der Waals surface area contributed by atoms with Crippen molar-refractivity contribution in [1.29, 1.82) is 0 Å². The Morgan fingerprint density at radius 1 is 1.06 bits per heavy atom. The second-order valence-corrected chi connectivity index (χ2v) is 4.27. The third kappa shape index (κ3) is 2.09. The van der Waals surface area contributed by atoms with Crippen molar-refractivity contribution in [2.75, 3.05) is 0 Å². The number of carbonyl (C=O) groups excluding carboxylic acids is 1. The Balaban J connectivity index is 2.49. The van der Waals surface area contributed by atoms with E-state index in [1.807, 2.05) is 0 Å². The van der Waals surface area contributed by atoms with E-state index >= 15 is 0 Å². The van der Waals surface area contributed by atoms with Gasteiger partial charge in [0.25, 0.3) is 0 Å². The molecule has 0 radical (unpaired) electrons. The Morgan fingerprint density at radius 2 is 1.75 bits per heavy atom. The van der Waals surface area contributed by atoms with Gasteiger partial charge in [0.05, 0.1) is 21.3 Å². The van der Waals surface area contributed by atoms with Crippen molar-refractivity contribution < 1.29 is 9.21 Å². The fourth-order valence-corrected chi connectivity index (χ4v) is 1.87. The molecule has 0 bridgehead atoms. The van der Waals surface area contributed by atoms with Gasteiger partial charge in [-0.25, -0.2) is 0 Å². The first-order valence-corrected chi connectivity index (χ1v) is 5.45. The Kier molecular flexibility index (Phi) is 3.24. The summed E-state index contributed by atoms with van der Waals surface area (Å²) in [6, 6.07) is 6.04. The molecule has 2 aromatic rings. The first-order chi connectivity index (χ1) is 7.59. The van der Waals surface area contributed by atoms with Crippen LogP contribution in [0.5, 0.6) is 0 Å². The van der Waals surface area contributed by atoms with Gasteiger partial charge in [-0.3, -0.25) is 4.79 Å². The van der Waals surface area contributed by atoms with Crippen LogP contribution in [0.1, 0.15) is 16.1 Å². The Morgan fingerprint density at radius 3 is 2.38 bits per heavy atom. The van der Waals surface area contributed by atoms with Crippen LogP contribution in [0.4, 0.5) is 0 Å². The van der Waals surface area contributed by atoms with Crippen molar-refractivity contribution in [3.05, 3.63) is 56.9 Å². The van der Waals surface area contributed by atoms with Crippen LogP contribution in [0.25, 0.3) is 0 Å². The van der Waals surface area contributed by atoms with Crippen LogP contribution in [0.3, 0.4) is 0 Å². The molecule has 1 aromatic carbocycles. The fraction of sp³-hybridized carbons (Fsp3) is 0. The minimum absolute atomic E-state index is 0.209. The van der Waals surface area contributed by atoms with Crippen LogP contribution in [0.15, 0.2) is 34.9 Å². The van der Waals surface area contributed by atoms with Crippen LogP contribution >= 0.6 is 34.8 Å². The van der Waals surface area contributed by atoms with Crippen LogP contribution in [0, 0.1) is 0 Å². The van der Waals surface area contributed by atoms with E-state index in [0.717, 1.165) is 0 Å². The minimum Gasteiger partial charge on any atom is -0.461 e. The molecule has 82 valence electrons. The van der Waals surface area contributed by atoms with E-state index in [4.69, 9.17) is 39.2 Å². The lowest BCUT2D eigenvalue weighted by molar-refractivity contribution is 0.101. The molecule has 0 fully saturated rings. The summed E-state index contributed by atoms with van der Waals surface area (Å²) < 4.78 is 4.99. The van der Waals surface area contributed by atoms with E-state index in [2.05, 4.69) is 0 Å². The number of benzene rings is 1. The largest absolute Gasteiger partial charge is 0.461 e. The highest BCUT2D eigenvalue weighted by molar-refractivity contribution is 6.44.